The fourth-order valence-corrected chi connectivity index (χ4v) is 1.74. The summed E-state index contributed by atoms with van der Waals surface area (Å²) < 4.78 is 0. The van der Waals surface area contributed by atoms with Gasteiger partial charge >= 0.3 is 6.03 Å². The first-order valence-electron chi connectivity index (χ1n) is 4.93. The summed E-state index contributed by atoms with van der Waals surface area (Å²) in [6, 6.07) is 0.202. The van der Waals surface area contributed by atoms with E-state index in [1.165, 1.54) is 0 Å². The molecule has 1 atom stereocenters. The van der Waals surface area contributed by atoms with Crippen LogP contribution in [-0.4, -0.2) is 32.2 Å². The number of urea groups is 1. The Bertz CT molecular complexity index is 166. The minimum atomic E-state index is -0.0777. The number of piperidine rings is 1. The Labute approximate surface area is 79.5 Å². The summed E-state index contributed by atoms with van der Waals surface area (Å²) in [6.07, 6.45) is 2.32. The van der Waals surface area contributed by atoms with Crippen LogP contribution in [0.1, 0.15) is 19.8 Å². The Morgan fingerprint density at radius 2 is 2.08 bits per heavy atom. The van der Waals surface area contributed by atoms with Crippen LogP contribution in [-0.2, 0) is 0 Å². The van der Waals surface area contributed by atoms with Gasteiger partial charge in [-0.15, -0.1) is 0 Å². The monoisotopic (exact) mass is 185 g/mol. The lowest BCUT2D eigenvalue weighted by Gasteiger charge is -2.28. The smallest absolute Gasteiger partial charge is 0.314 e. The van der Waals surface area contributed by atoms with Gasteiger partial charge in [-0.3, -0.25) is 0 Å². The molecule has 1 saturated heterocycles. The fourth-order valence-electron chi connectivity index (χ4n) is 1.74. The molecule has 4 heteroatoms. The van der Waals surface area contributed by atoms with Gasteiger partial charge in [-0.1, -0.05) is 0 Å². The molecule has 1 unspecified atom stereocenters. The van der Waals surface area contributed by atoms with E-state index in [-0.39, 0.29) is 12.1 Å². The van der Waals surface area contributed by atoms with Crippen LogP contribution >= 0.6 is 0 Å². The Kier molecular flexibility index (Phi) is 4.02. The van der Waals surface area contributed by atoms with E-state index in [2.05, 4.69) is 22.9 Å². The molecular formula is C9H19N3O. The van der Waals surface area contributed by atoms with Crippen LogP contribution in [0, 0.1) is 5.92 Å². The third-order valence-electron chi connectivity index (χ3n) is 2.68. The molecule has 4 nitrogen and oxygen atoms in total. The van der Waals surface area contributed by atoms with Gasteiger partial charge in [0.1, 0.15) is 0 Å². The first-order chi connectivity index (χ1) is 6.24. The van der Waals surface area contributed by atoms with E-state index in [9.17, 15) is 4.79 Å². The third kappa shape index (κ3) is 3.22. The van der Waals surface area contributed by atoms with E-state index in [1.807, 2.05) is 0 Å². The van der Waals surface area contributed by atoms with Crippen LogP contribution in [0.2, 0.25) is 0 Å². The van der Waals surface area contributed by atoms with Crippen LogP contribution in [0.4, 0.5) is 4.79 Å². The Hall–Kier alpha value is -0.770. The number of carbonyl (C=O) groups is 1. The van der Waals surface area contributed by atoms with E-state index < -0.39 is 0 Å². The van der Waals surface area contributed by atoms with E-state index in [4.69, 9.17) is 0 Å². The highest BCUT2D eigenvalue weighted by Crippen LogP contribution is 2.15. The predicted octanol–water partition coefficient (Wildman–Crippen LogP) is 0.304. The highest BCUT2D eigenvalue weighted by atomic mass is 16.2. The Morgan fingerprint density at radius 1 is 1.46 bits per heavy atom. The molecule has 0 saturated carbocycles. The normalized spacial score (nSPS) is 20.8. The summed E-state index contributed by atoms with van der Waals surface area (Å²) in [5, 5.41) is 8.80. The lowest BCUT2D eigenvalue weighted by Crippen LogP contribution is -2.45. The fraction of sp³-hybridized carbons (Fsp3) is 0.889. The molecule has 1 aliphatic heterocycles. The molecule has 1 fully saturated rings. The van der Waals surface area contributed by atoms with Gasteiger partial charge in [-0.2, -0.15) is 0 Å². The molecule has 2 amide bonds. The van der Waals surface area contributed by atoms with Gasteiger partial charge in [0, 0.05) is 13.1 Å². The van der Waals surface area contributed by atoms with Gasteiger partial charge in [0.25, 0.3) is 0 Å². The summed E-state index contributed by atoms with van der Waals surface area (Å²) in [6.45, 7) is 4.22. The molecule has 3 N–H and O–H groups in total. The van der Waals surface area contributed by atoms with Crippen molar-refractivity contribution in [1.82, 2.24) is 16.0 Å². The van der Waals surface area contributed by atoms with Crippen LogP contribution in [0.5, 0.6) is 0 Å². The number of hydrogen-bond acceptors (Lipinski definition) is 2. The number of carbonyl (C=O) groups excluding carboxylic acids is 1. The Balaban J connectivity index is 2.28. The summed E-state index contributed by atoms with van der Waals surface area (Å²) in [5.74, 6) is 0.624. The summed E-state index contributed by atoms with van der Waals surface area (Å²) in [7, 11) is 1.64. The minimum Gasteiger partial charge on any atom is -0.341 e. The zero-order valence-corrected chi connectivity index (χ0v) is 8.39. The van der Waals surface area contributed by atoms with Crippen LogP contribution < -0.4 is 16.0 Å². The second kappa shape index (κ2) is 5.07. The van der Waals surface area contributed by atoms with E-state index >= 15 is 0 Å². The molecule has 76 valence electrons. The molecule has 1 rings (SSSR count). The summed E-state index contributed by atoms with van der Waals surface area (Å²) in [5.41, 5.74) is 0. The third-order valence-corrected chi connectivity index (χ3v) is 2.68. The topological polar surface area (TPSA) is 53.2 Å². The highest BCUT2D eigenvalue weighted by Gasteiger charge is 2.20. The first-order valence-corrected chi connectivity index (χ1v) is 4.93. The summed E-state index contributed by atoms with van der Waals surface area (Å²) >= 11 is 0. The van der Waals surface area contributed by atoms with Crippen LogP contribution in [0.15, 0.2) is 0 Å². The van der Waals surface area contributed by atoms with Crippen molar-refractivity contribution in [3.63, 3.8) is 0 Å². The van der Waals surface area contributed by atoms with Gasteiger partial charge in [-0.05, 0) is 38.8 Å². The molecule has 1 heterocycles. The molecule has 1 aliphatic rings. The number of amides is 2. The second-order valence-electron chi connectivity index (χ2n) is 3.60. The number of nitrogens with one attached hydrogen (secondary N) is 3. The predicted molar refractivity (Wildman–Crippen MR) is 52.6 cm³/mol. The van der Waals surface area contributed by atoms with E-state index in [0.29, 0.717) is 5.92 Å². The highest BCUT2D eigenvalue weighted by molar-refractivity contribution is 5.73. The average molecular weight is 185 g/mol. The maximum Gasteiger partial charge on any atom is 0.314 e. The molecule has 0 bridgehead atoms. The maximum absolute atomic E-state index is 11.0. The quantitative estimate of drug-likeness (QED) is 0.579. The largest absolute Gasteiger partial charge is 0.341 e. The molecule has 0 aromatic heterocycles. The van der Waals surface area contributed by atoms with E-state index in [1.54, 1.807) is 7.05 Å². The van der Waals surface area contributed by atoms with Crippen molar-refractivity contribution in [3.8, 4) is 0 Å². The molecule has 0 spiro atoms. The molecule has 13 heavy (non-hydrogen) atoms. The van der Waals surface area contributed by atoms with Gasteiger partial charge in [0.15, 0.2) is 0 Å². The lowest BCUT2D eigenvalue weighted by molar-refractivity contribution is 0.228. The standard InChI is InChI=1S/C9H19N3O/c1-7(12-9(13)10-2)8-3-5-11-6-4-8/h7-8,11H,3-6H2,1-2H3,(H2,10,12,13). The van der Waals surface area contributed by atoms with Crippen molar-refractivity contribution in [2.24, 2.45) is 5.92 Å². The van der Waals surface area contributed by atoms with Crippen LogP contribution in [0.3, 0.4) is 0 Å². The maximum atomic E-state index is 11.0. The number of hydrogen-bond donors (Lipinski definition) is 3. The van der Waals surface area contributed by atoms with Crippen LogP contribution in [0.25, 0.3) is 0 Å². The molecular weight excluding hydrogens is 166 g/mol. The lowest BCUT2D eigenvalue weighted by atomic mass is 9.91. The molecule has 0 radical (unpaired) electrons. The van der Waals surface area contributed by atoms with Crippen molar-refractivity contribution >= 4 is 6.03 Å². The average Bonchev–Trinajstić information content (AvgIpc) is 2.19. The molecule has 0 aromatic carbocycles. The van der Waals surface area contributed by atoms with Crippen molar-refractivity contribution in [2.75, 3.05) is 20.1 Å². The summed E-state index contributed by atoms with van der Waals surface area (Å²) in [4.78, 5) is 11.0. The van der Waals surface area contributed by atoms with Gasteiger partial charge in [0.05, 0.1) is 0 Å². The molecule has 0 aliphatic carbocycles. The van der Waals surface area contributed by atoms with Crippen molar-refractivity contribution in [2.45, 2.75) is 25.8 Å². The van der Waals surface area contributed by atoms with E-state index in [0.717, 1.165) is 25.9 Å². The zero-order chi connectivity index (χ0) is 9.68. The Morgan fingerprint density at radius 3 is 2.62 bits per heavy atom. The number of rotatable bonds is 2. The van der Waals surface area contributed by atoms with Crippen molar-refractivity contribution < 1.29 is 4.79 Å². The van der Waals surface area contributed by atoms with Gasteiger partial charge in [0.2, 0.25) is 0 Å². The van der Waals surface area contributed by atoms with Crippen molar-refractivity contribution in [1.29, 1.82) is 0 Å². The second-order valence-corrected chi connectivity index (χ2v) is 3.60. The first kappa shape index (κ1) is 10.3. The SMILES string of the molecule is CNC(=O)NC(C)C1CCNCC1. The molecule has 0 aromatic rings. The zero-order valence-electron chi connectivity index (χ0n) is 8.39. The van der Waals surface area contributed by atoms with Gasteiger partial charge in [-0.25, -0.2) is 4.79 Å². The minimum absolute atomic E-state index is 0.0777. The van der Waals surface area contributed by atoms with Crippen molar-refractivity contribution in [3.05, 3.63) is 0 Å². The van der Waals surface area contributed by atoms with Gasteiger partial charge < -0.3 is 16.0 Å².